The van der Waals surface area contributed by atoms with E-state index in [4.69, 9.17) is 4.98 Å². The van der Waals surface area contributed by atoms with E-state index in [0.29, 0.717) is 13.1 Å². The summed E-state index contributed by atoms with van der Waals surface area (Å²) in [5.41, 5.74) is 5.18. The number of benzene rings is 2. The summed E-state index contributed by atoms with van der Waals surface area (Å²) in [6.45, 7) is 5.22. The minimum atomic E-state index is 0.157. The molecule has 5 heteroatoms. The van der Waals surface area contributed by atoms with Gasteiger partial charge in [0.2, 0.25) is 0 Å². The fourth-order valence-electron chi connectivity index (χ4n) is 4.25. The van der Waals surface area contributed by atoms with E-state index in [1.165, 1.54) is 0 Å². The van der Waals surface area contributed by atoms with E-state index in [2.05, 4.69) is 46.6 Å². The van der Waals surface area contributed by atoms with Gasteiger partial charge in [0.25, 0.3) is 5.91 Å². The van der Waals surface area contributed by atoms with Gasteiger partial charge in [0, 0.05) is 62.5 Å². The maximum Gasteiger partial charge on any atom is 0.256 e. The Morgan fingerprint density at radius 1 is 0.964 bits per heavy atom. The Hall–Kier alpha value is -2.92. The van der Waals surface area contributed by atoms with E-state index < -0.39 is 0 Å². The Kier molecular flexibility index (Phi) is 4.45. The highest BCUT2D eigenvalue weighted by atomic mass is 16.2. The molecule has 1 fully saturated rings. The molecule has 2 aromatic carbocycles. The molecule has 2 aliphatic heterocycles. The second kappa shape index (κ2) is 7.24. The van der Waals surface area contributed by atoms with Crippen LogP contribution >= 0.6 is 0 Å². The summed E-state index contributed by atoms with van der Waals surface area (Å²) in [5.74, 6) is 0.157. The predicted octanol–water partition coefficient (Wildman–Crippen LogP) is 2.84. The van der Waals surface area contributed by atoms with Crippen molar-refractivity contribution >= 4 is 22.5 Å². The van der Waals surface area contributed by atoms with Crippen LogP contribution in [0.3, 0.4) is 0 Å². The fraction of sp³-hybridized carbons (Fsp3) is 0.304. The molecular weight excluding hydrogens is 348 g/mol. The average Bonchev–Trinajstić information content (AvgIpc) is 3.08. The third kappa shape index (κ3) is 3.12. The zero-order chi connectivity index (χ0) is 18.9. The molecule has 0 bridgehead atoms. The van der Waals surface area contributed by atoms with Gasteiger partial charge < -0.3 is 15.1 Å². The van der Waals surface area contributed by atoms with Gasteiger partial charge >= 0.3 is 0 Å². The molecule has 3 aromatic rings. The van der Waals surface area contributed by atoms with E-state index in [-0.39, 0.29) is 5.91 Å². The maximum absolute atomic E-state index is 13.2. The number of anilines is 1. The topological polar surface area (TPSA) is 48.5 Å². The molecule has 2 aliphatic rings. The molecule has 1 amide bonds. The SMILES string of the molecule is O=C1c2c(cccc2N2CCNCC2)CN1CCc1ccc2ccccc2n1. The molecule has 1 aromatic heterocycles. The monoisotopic (exact) mass is 372 g/mol. The van der Waals surface area contributed by atoms with Crippen molar-refractivity contribution in [2.45, 2.75) is 13.0 Å². The third-order valence-electron chi connectivity index (χ3n) is 5.74. The first-order valence-electron chi connectivity index (χ1n) is 10.0. The summed E-state index contributed by atoms with van der Waals surface area (Å²) in [5, 5.41) is 4.53. The fourth-order valence-corrected chi connectivity index (χ4v) is 4.25. The highest BCUT2D eigenvalue weighted by molar-refractivity contribution is 6.03. The predicted molar refractivity (Wildman–Crippen MR) is 112 cm³/mol. The molecule has 0 spiro atoms. The Morgan fingerprint density at radius 2 is 1.82 bits per heavy atom. The quantitative estimate of drug-likeness (QED) is 0.765. The molecule has 0 radical (unpaired) electrons. The number of carbonyl (C=O) groups is 1. The van der Waals surface area contributed by atoms with Crippen LogP contribution in [0.25, 0.3) is 10.9 Å². The van der Waals surface area contributed by atoms with Gasteiger partial charge in [0.15, 0.2) is 0 Å². The van der Waals surface area contributed by atoms with Gasteiger partial charge in [-0.15, -0.1) is 0 Å². The summed E-state index contributed by atoms with van der Waals surface area (Å²) in [7, 11) is 0. The Bertz CT molecular complexity index is 1030. The number of piperazine rings is 1. The lowest BCUT2D eigenvalue weighted by Crippen LogP contribution is -2.44. The van der Waals surface area contributed by atoms with Crippen molar-refractivity contribution in [1.29, 1.82) is 0 Å². The molecule has 3 heterocycles. The molecule has 1 saturated heterocycles. The summed E-state index contributed by atoms with van der Waals surface area (Å²) in [6.07, 6.45) is 0.771. The maximum atomic E-state index is 13.2. The Morgan fingerprint density at radius 3 is 2.71 bits per heavy atom. The van der Waals surface area contributed by atoms with Crippen LogP contribution in [0, 0.1) is 0 Å². The first kappa shape index (κ1) is 17.2. The number of hydrogen-bond acceptors (Lipinski definition) is 4. The van der Waals surface area contributed by atoms with Crippen LogP contribution in [0.4, 0.5) is 5.69 Å². The van der Waals surface area contributed by atoms with Gasteiger partial charge in [-0.2, -0.15) is 0 Å². The van der Waals surface area contributed by atoms with Crippen molar-refractivity contribution in [3.8, 4) is 0 Å². The number of hydrogen-bond donors (Lipinski definition) is 1. The molecule has 5 nitrogen and oxygen atoms in total. The number of nitrogens with one attached hydrogen (secondary N) is 1. The molecule has 0 atom stereocenters. The first-order valence-corrected chi connectivity index (χ1v) is 10.0. The number of pyridine rings is 1. The number of carbonyl (C=O) groups excluding carboxylic acids is 1. The molecule has 1 N–H and O–H groups in total. The van der Waals surface area contributed by atoms with E-state index in [0.717, 1.165) is 66.0 Å². The normalized spacial score (nSPS) is 16.6. The summed E-state index contributed by atoms with van der Waals surface area (Å²) < 4.78 is 0. The lowest BCUT2D eigenvalue weighted by Gasteiger charge is -2.30. The van der Waals surface area contributed by atoms with Crippen LogP contribution in [0.2, 0.25) is 0 Å². The number of nitrogens with zero attached hydrogens (tertiary/aromatic N) is 3. The Balaban J connectivity index is 1.33. The van der Waals surface area contributed by atoms with Gasteiger partial charge in [-0.1, -0.05) is 36.4 Å². The lowest BCUT2D eigenvalue weighted by molar-refractivity contribution is 0.0780. The van der Waals surface area contributed by atoms with E-state index in [1.807, 2.05) is 23.1 Å². The van der Waals surface area contributed by atoms with Crippen LogP contribution in [-0.2, 0) is 13.0 Å². The molecule has 0 aliphatic carbocycles. The van der Waals surface area contributed by atoms with Crippen molar-refractivity contribution in [2.75, 3.05) is 37.6 Å². The van der Waals surface area contributed by atoms with Crippen molar-refractivity contribution in [3.05, 3.63) is 71.4 Å². The summed E-state index contributed by atoms with van der Waals surface area (Å²) in [6, 6.07) is 18.6. The minimum absolute atomic E-state index is 0.157. The number of rotatable bonds is 4. The Labute approximate surface area is 165 Å². The van der Waals surface area contributed by atoms with E-state index in [9.17, 15) is 4.79 Å². The zero-order valence-electron chi connectivity index (χ0n) is 15.9. The van der Waals surface area contributed by atoms with Crippen LogP contribution in [-0.4, -0.2) is 48.5 Å². The van der Waals surface area contributed by atoms with Crippen molar-refractivity contribution in [2.24, 2.45) is 0 Å². The molecule has 0 saturated carbocycles. The van der Waals surface area contributed by atoms with Crippen molar-refractivity contribution < 1.29 is 4.79 Å². The van der Waals surface area contributed by atoms with Gasteiger partial charge in [-0.3, -0.25) is 9.78 Å². The van der Waals surface area contributed by atoms with Gasteiger partial charge in [0.1, 0.15) is 0 Å². The lowest BCUT2D eigenvalue weighted by atomic mass is 10.1. The van der Waals surface area contributed by atoms with Crippen molar-refractivity contribution in [3.63, 3.8) is 0 Å². The average molecular weight is 372 g/mol. The first-order chi connectivity index (χ1) is 13.8. The standard InChI is InChI=1S/C23H24N4O/c28-23-22-18(5-3-7-21(22)26-14-11-24-12-15-26)16-27(23)13-10-19-9-8-17-4-1-2-6-20(17)25-19/h1-9,24H,10-16H2. The van der Waals surface area contributed by atoms with Gasteiger partial charge in [0.05, 0.1) is 11.1 Å². The number of amides is 1. The van der Waals surface area contributed by atoms with Gasteiger partial charge in [-0.05, 0) is 23.8 Å². The van der Waals surface area contributed by atoms with Gasteiger partial charge in [-0.25, -0.2) is 0 Å². The van der Waals surface area contributed by atoms with Crippen LogP contribution in [0.1, 0.15) is 21.6 Å². The number of para-hydroxylation sites is 1. The second-order valence-corrected chi connectivity index (χ2v) is 7.52. The molecule has 5 rings (SSSR count). The summed E-state index contributed by atoms with van der Waals surface area (Å²) in [4.78, 5) is 22.2. The zero-order valence-corrected chi connectivity index (χ0v) is 15.9. The second-order valence-electron chi connectivity index (χ2n) is 7.52. The van der Waals surface area contributed by atoms with E-state index in [1.54, 1.807) is 0 Å². The van der Waals surface area contributed by atoms with E-state index >= 15 is 0 Å². The molecular formula is C23H24N4O. The van der Waals surface area contributed by atoms with Crippen LogP contribution in [0.15, 0.2) is 54.6 Å². The van der Waals surface area contributed by atoms with Crippen LogP contribution in [0.5, 0.6) is 0 Å². The number of aromatic nitrogens is 1. The minimum Gasteiger partial charge on any atom is -0.368 e. The third-order valence-corrected chi connectivity index (χ3v) is 5.74. The summed E-state index contributed by atoms with van der Waals surface area (Å²) >= 11 is 0. The van der Waals surface area contributed by atoms with Crippen molar-refractivity contribution in [1.82, 2.24) is 15.2 Å². The highest BCUT2D eigenvalue weighted by Gasteiger charge is 2.31. The molecule has 0 unspecified atom stereocenters. The highest BCUT2D eigenvalue weighted by Crippen LogP contribution is 2.32. The van der Waals surface area contributed by atoms with Crippen LogP contribution < -0.4 is 10.2 Å². The number of fused-ring (bicyclic) bond motifs is 2. The molecule has 28 heavy (non-hydrogen) atoms. The largest absolute Gasteiger partial charge is 0.368 e. The smallest absolute Gasteiger partial charge is 0.256 e. The molecule has 142 valence electrons.